The van der Waals surface area contributed by atoms with Gasteiger partial charge in [-0.1, -0.05) is 5.21 Å². The zero-order valence-electron chi connectivity index (χ0n) is 9.71. The molecule has 0 amide bonds. The second-order valence-electron chi connectivity index (χ2n) is 4.38. The van der Waals surface area contributed by atoms with Crippen molar-refractivity contribution in [3.05, 3.63) is 11.9 Å². The monoisotopic (exact) mass is 239 g/mol. The zero-order chi connectivity index (χ0) is 12.1. The molecule has 94 valence electrons. The van der Waals surface area contributed by atoms with E-state index in [-0.39, 0.29) is 6.42 Å². The number of hydrogen-bond acceptors (Lipinski definition) is 4. The maximum absolute atomic E-state index is 10.4. The van der Waals surface area contributed by atoms with Crippen molar-refractivity contribution in [2.45, 2.75) is 32.2 Å². The molecule has 0 spiro atoms. The number of rotatable bonds is 5. The van der Waals surface area contributed by atoms with Crippen molar-refractivity contribution in [2.75, 3.05) is 13.2 Å². The molecule has 0 aromatic carbocycles. The maximum Gasteiger partial charge on any atom is 0.303 e. The van der Waals surface area contributed by atoms with Gasteiger partial charge in [0.25, 0.3) is 0 Å². The number of ether oxygens (including phenoxy) is 1. The Labute approximate surface area is 99.6 Å². The number of carboxylic acid groups (broad SMARTS) is 1. The van der Waals surface area contributed by atoms with Crippen molar-refractivity contribution in [3.63, 3.8) is 0 Å². The zero-order valence-corrected chi connectivity index (χ0v) is 9.71. The highest BCUT2D eigenvalue weighted by molar-refractivity contribution is 5.66. The molecule has 0 bridgehead atoms. The Morgan fingerprint density at radius 1 is 1.53 bits per heavy atom. The van der Waals surface area contributed by atoms with Gasteiger partial charge in [-0.3, -0.25) is 9.48 Å². The molecule has 2 rings (SSSR count). The predicted octanol–water partition coefficient (Wildman–Crippen LogP) is 0.722. The lowest BCUT2D eigenvalue weighted by molar-refractivity contribution is -0.136. The molecule has 6 heteroatoms. The lowest BCUT2D eigenvalue weighted by Gasteiger charge is -2.21. The first-order valence-corrected chi connectivity index (χ1v) is 5.92. The van der Waals surface area contributed by atoms with Gasteiger partial charge in [-0.15, -0.1) is 5.10 Å². The van der Waals surface area contributed by atoms with E-state index in [9.17, 15) is 4.79 Å². The predicted molar refractivity (Wildman–Crippen MR) is 59.5 cm³/mol. The number of aliphatic carboxylic acids is 1. The summed E-state index contributed by atoms with van der Waals surface area (Å²) in [5.74, 6) is -0.207. The van der Waals surface area contributed by atoms with Gasteiger partial charge >= 0.3 is 5.97 Å². The van der Waals surface area contributed by atoms with Gasteiger partial charge in [-0.25, -0.2) is 0 Å². The Morgan fingerprint density at radius 3 is 3.00 bits per heavy atom. The van der Waals surface area contributed by atoms with Crippen molar-refractivity contribution in [3.8, 4) is 0 Å². The lowest BCUT2D eigenvalue weighted by atomic mass is 10.0. The van der Waals surface area contributed by atoms with Crippen LogP contribution in [0.25, 0.3) is 0 Å². The van der Waals surface area contributed by atoms with Crippen LogP contribution in [0, 0.1) is 5.92 Å². The van der Waals surface area contributed by atoms with E-state index in [1.165, 1.54) is 0 Å². The van der Waals surface area contributed by atoms with Crippen LogP contribution in [0.5, 0.6) is 0 Å². The Kier molecular flexibility index (Phi) is 4.08. The van der Waals surface area contributed by atoms with Crippen LogP contribution < -0.4 is 0 Å². The topological polar surface area (TPSA) is 77.2 Å². The van der Waals surface area contributed by atoms with Crippen LogP contribution in [-0.4, -0.2) is 39.3 Å². The quantitative estimate of drug-likeness (QED) is 0.819. The molecule has 1 aliphatic rings. The molecule has 0 saturated carbocycles. The molecule has 1 N–H and O–H groups in total. The number of carboxylic acids is 1. The summed E-state index contributed by atoms with van der Waals surface area (Å²) >= 11 is 0. The molecule has 6 nitrogen and oxygen atoms in total. The second kappa shape index (κ2) is 5.77. The number of carbonyl (C=O) groups is 1. The molecular formula is C11H17N3O3. The van der Waals surface area contributed by atoms with E-state index in [0.29, 0.717) is 12.3 Å². The summed E-state index contributed by atoms with van der Waals surface area (Å²) in [6.45, 7) is 2.50. The van der Waals surface area contributed by atoms with Crippen molar-refractivity contribution in [1.29, 1.82) is 0 Å². The van der Waals surface area contributed by atoms with Crippen LogP contribution in [0.3, 0.4) is 0 Å². The summed E-state index contributed by atoms with van der Waals surface area (Å²) in [4.78, 5) is 10.4. The number of aryl methyl sites for hydroxylation is 1. The Hall–Kier alpha value is -1.43. The van der Waals surface area contributed by atoms with Crippen LogP contribution in [0.4, 0.5) is 0 Å². The minimum atomic E-state index is -0.802. The highest BCUT2D eigenvalue weighted by Crippen LogP contribution is 2.16. The number of nitrogens with zero attached hydrogens (tertiary/aromatic N) is 3. The van der Waals surface area contributed by atoms with Crippen LogP contribution >= 0.6 is 0 Å². The summed E-state index contributed by atoms with van der Waals surface area (Å²) in [6, 6.07) is 0. The van der Waals surface area contributed by atoms with Crippen molar-refractivity contribution in [2.24, 2.45) is 5.92 Å². The summed E-state index contributed by atoms with van der Waals surface area (Å²) < 4.78 is 7.11. The van der Waals surface area contributed by atoms with E-state index < -0.39 is 5.97 Å². The molecule has 17 heavy (non-hydrogen) atoms. The molecule has 1 aromatic rings. The van der Waals surface area contributed by atoms with E-state index in [4.69, 9.17) is 9.84 Å². The fourth-order valence-electron chi connectivity index (χ4n) is 1.97. The second-order valence-corrected chi connectivity index (χ2v) is 4.38. The highest BCUT2D eigenvalue weighted by atomic mass is 16.5. The van der Waals surface area contributed by atoms with Gasteiger partial charge in [0, 0.05) is 32.4 Å². The third kappa shape index (κ3) is 3.81. The van der Waals surface area contributed by atoms with Crippen LogP contribution in [-0.2, 0) is 22.5 Å². The largest absolute Gasteiger partial charge is 0.481 e. The van der Waals surface area contributed by atoms with Crippen LogP contribution in [0.1, 0.15) is 25.0 Å². The molecule has 1 aromatic heterocycles. The van der Waals surface area contributed by atoms with Gasteiger partial charge in [0.1, 0.15) is 0 Å². The third-order valence-electron chi connectivity index (χ3n) is 2.97. The van der Waals surface area contributed by atoms with E-state index in [0.717, 1.165) is 38.3 Å². The first-order chi connectivity index (χ1) is 8.24. The smallest absolute Gasteiger partial charge is 0.303 e. The van der Waals surface area contributed by atoms with E-state index in [1.807, 2.05) is 10.9 Å². The standard InChI is InChI=1S/C11H17N3O3/c15-11(16)2-1-10-8-14(13-12-10)7-9-3-5-17-6-4-9/h8-9H,1-7H2,(H,15,16). The summed E-state index contributed by atoms with van der Waals surface area (Å²) in [5, 5.41) is 16.6. The van der Waals surface area contributed by atoms with E-state index in [1.54, 1.807) is 0 Å². The molecule has 1 saturated heterocycles. The number of hydrogen-bond donors (Lipinski definition) is 1. The molecule has 1 fully saturated rings. The first kappa shape index (κ1) is 12.0. The van der Waals surface area contributed by atoms with Crippen molar-refractivity contribution < 1.29 is 14.6 Å². The van der Waals surface area contributed by atoms with Gasteiger partial charge < -0.3 is 9.84 Å². The minimum absolute atomic E-state index is 0.107. The van der Waals surface area contributed by atoms with E-state index in [2.05, 4.69) is 10.3 Å². The Morgan fingerprint density at radius 2 is 2.29 bits per heavy atom. The van der Waals surface area contributed by atoms with Crippen molar-refractivity contribution >= 4 is 5.97 Å². The van der Waals surface area contributed by atoms with Gasteiger partial charge in [-0.05, 0) is 18.8 Å². The summed E-state index contributed by atoms with van der Waals surface area (Å²) in [5.41, 5.74) is 0.749. The van der Waals surface area contributed by atoms with Gasteiger partial charge in [0.15, 0.2) is 0 Å². The third-order valence-corrected chi connectivity index (χ3v) is 2.97. The van der Waals surface area contributed by atoms with Gasteiger partial charge in [0.2, 0.25) is 0 Å². The highest BCUT2D eigenvalue weighted by Gasteiger charge is 2.15. The molecule has 0 radical (unpaired) electrons. The molecule has 0 aliphatic carbocycles. The van der Waals surface area contributed by atoms with E-state index >= 15 is 0 Å². The maximum atomic E-state index is 10.4. The Balaban J connectivity index is 1.82. The van der Waals surface area contributed by atoms with Crippen LogP contribution in [0.2, 0.25) is 0 Å². The molecular weight excluding hydrogens is 222 g/mol. The fraction of sp³-hybridized carbons (Fsp3) is 0.727. The summed E-state index contributed by atoms with van der Waals surface area (Å²) in [7, 11) is 0. The summed E-state index contributed by atoms with van der Waals surface area (Å²) in [6.07, 6.45) is 4.52. The normalized spacial score (nSPS) is 17.2. The minimum Gasteiger partial charge on any atom is -0.481 e. The average molecular weight is 239 g/mol. The van der Waals surface area contributed by atoms with Crippen LogP contribution in [0.15, 0.2) is 6.20 Å². The Bertz CT molecular complexity index is 372. The fourth-order valence-corrected chi connectivity index (χ4v) is 1.97. The SMILES string of the molecule is O=C(O)CCc1cn(CC2CCOCC2)nn1. The van der Waals surface area contributed by atoms with Gasteiger partial charge in [-0.2, -0.15) is 0 Å². The molecule has 1 aliphatic heterocycles. The molecule has 0 unspecified atom stereocenters. The lowest BCUT2D eigenvalue weighted by Crippen LogP contribution is -2.20. The first-order valence-electron chi connectivity index (χ1n) is 5.92. The molecule has 2 heterocycles. The average Bonchev–Trinajstić information content (AvgIpc) is 2.75. The number of aromatic nitrogens is 3. The molecule has 0 atom stereocenters. The van der Waals surface area contributed by atoms with Gasteiger partial charge in [0.05, 0.1) is 12.1 Å². The van der Waals surface area contributed by atoms with Crippen molar-refractivity contribution in [1.82, 2.24) is 15.0 Å².